The summed E-state index contributed by atoms with van der Waals surface area (Å²) in [5.41, 5.74) is 1.84. The van der Waals surface area contributed by atoms with Gasteiger partial charge in [0, 0.05) is 5.70 Å². The Kier molecular flexibility index (Phi) is 4.76. The molecule has 2 aliphatic rings. The zero-order chi connectivity index (χ0) is 13.9. The van der Waals surface area contributed by atoms with Crippen LogP contribution in [0, 0.1) is 23.2 Å². The Morgan fingerprint density at radius 3 is 2.84 bits per heavy atom. The van der Waals surface area contributed by atoms with Gasteiger partial charge in [-0.1, -0.05) is 39.8 Å². The zero-order valence-electron chi connectivity index (χ0n) is 13.2. The summed E-state index contributed by atoms with van der Waals surface area (Å²) in [6, 6.07) is 0. The molecule has 19 heavy (non-hydrogen) atoms. The summed E-state index contributed by atoms with van der Waals surface area (Å²) in [4.78, 5) is 0. The van der Waals surface area contributed by atoms with Gasteiger partial charge in [0.25, 0.3) is 0 Å². The van der Waals surface area contributed by atoms with E-state index in [-0.39, 0.29) is 0 Å². The normalized spacial score (nSPS) is 44.4. The predicted molar refractivity (Wildman–Crippen MR) is 83.7 cm³/mol. The molecule has 0 saturated carbocycles. The number of fused-ring (bicyclic) bond motifs is 2. The maximum atomic E-state index is 3.60. The van der Waals surface area contributed by atoms with Crippen molar-refractivity contribution in [1.82, 2.24) is 5.32 Å². The Balaban J connectivity index is 2.24. The van der Waals surface area contributed by atoms with E-state index < -0.39 is 0 Å². The van der Waals surface area contributed by atoms with E-state index in [4.69, 9.17) is 0 Å². The Bertz CT molecular complexity index is 355. The minimum Gasteiger partial charge on any atom is -0.365 e. The van der Waals surface area contributed by atoms with Gasteiger partial charge in [-0.15, -0.1) is 0 Å². The molecule has 0 aromatic heterocycles. The van der Waals surface area contributed by atoms with Crippen molar-refractivity contribution >= 4 is 0 Å². The van der Waals surface area contributed by atoms with Gasteiger partial charge >= 0.3 is 0 Å². The number of hydrogen-bond acceptors (Lipinski definition) is 1. The van der Waals surface area contributed by atoms with Gasteiger partial charge in [0.05, 0.1) is 0 Å². The minimum absolute atomic E-state index is 0.373. The molecule has 2 rings (SSSR count). The molecule has 4 unspecified atom stereocenters. The van der Waals surface area contributed by atoms with Crippen molar-refractivity contribution in [2.45, 2.75) is 66.2 Å². The molecule has 0 aromatic rings. The summed E-state index contributed by atoms with van der Waals surface area (Å²) in [6.45, 7) is 9.58. The van der Waals surface area contributed by atoms with Crippen molar-refractivity contribution in [3.8, 4) is 0 Å². The van der Waals surface area contributed by atoms with Crippen LogP contribution in [0.2, 0.25) is 0 Å². The molecule has 1 nitrogen and oxygen atoms in total. The molecule has 1 heterocycles. The number of rotatable bonds is 1. The summed E-state index contributed by atoms with van der Waals surface area (Å²) in [5, 5.41) is 3.60. The summed E-state index contributed by atoms with van der Waals surface area (Å²) in [7, 11) is 0. The topological polar surface area (TPSA) is 12.0 Å². The second kappa shape index (κ2) is 6.15. The quantitative estimate of drug-likeness (QED) is 0.679. The zero-order valence-corrected chi connectivity index (χ0v) is 13.2. The molecular weight excluding hydrogens is 230 g/mol. The smallest absolute Gasteiger partial charge is 0.0137 e. The van der Waals surface area contributed by atoms with E-state index in [1.807, 2.05) is 0 Å². The number of nitrogens with one attached hydrogen (secondary N) is 1. The monoisotopic (exact) mass is 261 g/mol. The van der Waals surface area contributed by atoms with Gasteiger partial charge < -0.3 is 5.32 Å². The van der Waals surface area contributed by atoms with E-state index in [2.05, 4.69) is 51.4 Å². The molecule has 0 saturated heterocycles. The first kappa shape index (κ1) is 14.7. The molecule has 0 fully saturated rings. The lowest BCUT2D eigenvalue weighted by Crippen LogP contribution is -2.24. The highest BCUT2D eigenvalue weighted by Gasteiger charge is 2.28. The lowest BCUT2D eigenvalue weighted by Gasteiger charge is -2.32. The van der Waals surface area contributed by atoms with Gasteiger partial charge in [-0.05, 0) is 67.9 Å². The average Bonchev–Trinajstić information content (AvgIpc) is 2.44. The molecule has 4 atom stereocenters. The van der Waals surface area contributed by atoms with Crippen LogP contribution in [0.25, 0.3) is 0 Å². The van der Waals surface area contributed by atoms with E-state index in [0.29, 0.717) is 11.3 Å². The third-order valence-corrected chi connectivity index (χ3v) is 5.56. The van der Waals surface area contributed by atoms with Crippen molar-refractivity contribution in [3.63, 3.8) is 0 Å². The van der Waals surface area contributed by atoms with Crippen molar-refractivity contribution in [3.05, 3.63) is 24.0 Å². The molecule has 108 valence electrons. The second-order valence-electron chi connectivity index (χ2n) is 7.15. The van der Waals surface area contributed by atoms with Crippen molar-refractivity contribution in [2.24, 2.45) is 23.2 Å². The lowest BCUT2D eigenvalue weighted by molar-refractivity contribution is 0.244. The molecule has 2 bridgehead atoms. The predicted octanol–water partition coefficient (Wildman–Crippen LogP) is 5.26. The standard InChI is InChI=1S/C18H31N/c1-5-18(4)10-9-16-13-14(2)7-6-8-17(15(16)3)19-12-11-18/h8,11-12,14-16,19H,5-7,9-10,13H2,1-4H3/b12-11+,17-8+. The van der Waals surface area contributed by atoms with Crippen LogP contribution in [0.3, 0.4) is 0 Å². The fourth-order valence-electron chi connectivity index (χ4n) is 3.59. The molecule has 1 heteroatoms. The van der Waals surface area contributed by atoms with Gasteiger partial charge in [-0.2, -0.15) is 0 Å². The van der Waals surface area contributed by atoms with Crippen LogP contribution in [0.5, 0.6) is 0 Å². The van der Waals surface area contributed by atoms with Gasteiger partial charge in [0.1, 0.15) is 0 Å². The van der Waals surface area contributed by atoms with Crippen molar-refractivity contribution in [2.75, 3.05) is 0 Å². The first-order valence-corrected chi connectivity index (χ1v) is 8.18. The molecule has 0 spiro atoms. The van der Waals surface area contributed by atoms with Crippen LogP contribution in [0.4, 0.5) is 0 Å². The SMILES string of the molecule is CCC1(C)/C=C/N/C2=C/CCC(C)CC(CC1)C2C. The second-order valence-corrected chi connectivity index (χ2v) is 7.15. The van der Waals surface area contributed by atoms with E-state index in [9.17, 15) is 0 Å². The van der Waals surface area contributed by atoms with Gasteiger partial charge in [-0.25, -0.2) is 0 Å². The van der Waals surface area contributed by atoms with Crippen molar-refractivity contribution in [1.29, 1.82) is 0 Å². The molecule has 1 aliphatic carbocycles. The average molecular weight is 261 g/mol. The Morgan fingerprint density at radius 1 is 1.32 bits per heavy atom. The van der Waals surface area contributed by atoms with E-state index >= 15 is 0 Å². The Hall–Kier alpha value is -0.720. The summed E-state index contributed by atoms with van der Waals surface area (Å²) < 4.78 is 0. The first-order valence-electron chi connectivity index (χ1n) is 8.18. The highest BCUT2D eigenvalue weighted by Crippen LogP contribution is 2.39. The Labute approximate surface area is 119 Å². The van der Waals surface area contributed by atoms with Gasteiger partial charge in [-0.3, -0.25) is 0 Å². The summed E-state index contributed by atoms with van der Waals surface area (Å²) in [5.74, 6) is 2.42. The number of hydrogen-bond donors (Lipinski definition) is 1. The van der Waals surface area contributed by atoms with Gasteiger partial charge in [0.15, 0.2) is 0 Å². The van der Waals surface area contributed by atoms with Crippen LogP contribution in [-0.4, -0.2) is 0 Å². The molecule has 0 amide bonds. The maximum Gasteiger partial charge on any atom is 0.0137 e. The number of allylic oxidation sites excluding steroid dienone is 3. The fraction of sp³-hybridized carbons (Fsp3) is 0.778. The molecule has 0 aromatic carbocycles. The summed E-state index contributed by atoms with van der Waals surface area (Å²) >= 11 is 0. The van der Waals surface area contributed by atoms with Crippen LogP contribution in [-0.2, 0) is 0 Å². The largest absolute Gasteiger partial charge is 0.365 e. The fourth-order valence-corrected chi connectivity index (χ4v) is 3.59. The van der Waals surface area contributed by atoms with E-state index in [1.165, 1.54) is 44.2 Å². The van der Waals surface area contributed by atoms with Crippen LogP contribution in [0.15, 0.2) is 24.0 Å². The third kappa shape index (κ3) is 3.64. The van der Waals surface area contributed by atoms with Crippen LogP contribution in [0.1, 0.15) is 66.2 Å². The van der Waals surface area contributed by atoms with Gasteiger partial charge in [0.2, 0.25) is 0 Å². The highest BCUT2D eigenvalue weighted by atomic mass is 14.9. The first-order chi connectivity index (χ1) is 9.04. The third-order valence-electron chi connectivity index (χ3n) is 5.56. The van der Waals surface area contributed by atoms with Crippen LogP contribution >= 0.6 is 0 Å². The molecule has 1 aliphatic heterocycles. The van der Waals surface area contributed by atoms with Crippen LogP contribution < -0.4 is 5.32 Å². The van der Waals surface area contributed by atoms with E-state index in [0.717, 1.165) is 11.8 Å². The highest BCUT2D eigenvalue weighted by molar-refractivity contribution is 5.12. The lowest BCUT2D eigenvalue weighted by atomic mass is 9.74. The Morgan fingerprint density at radius 2 is 2.11 bits per heavy atom. The maximum absolute atomic E-state index is 3.60. The van der Waals surface area contributed by atoms with E-state index in [1.54, 1.807) is 0 Å². The van der Waals surface area contributed by atoms with Crippen molar-refractivity contribution < 1.29 is 0 Å². The minimum atomic E-state index is 0.373. The molecular formula is C18H31N. The molecule has 0 radical (unpaired) electrons. The summed E-state index contributed by atoms with van der Waals surface area (Å²) in [6.07, 6.45) is 15.0. The molecule has 1 N–H and O–H groups in total.